The molecule has 0 aromatic rings. The monoisotopic (exact) mass is 282 g/mol. The Hall–Kier alpha value is -0.900. The van der Waals surface area contributed by atoms with E-state index in [2.05, 4.69) is 6.92 Å². The van der Waals surface area contributed by atoms with E-state index in [0.717, 1.165) is 0 Å². The van der Waals surface area contributed by atoms with Gasteiger partial charge < -0.3 is 14.2 Å². The molecule has 3 nitrogen and oxygen atoms in total. The molecule has 0 saturated carbocycles. The average Bonchev–Trinajstić information content (AvgIpc) is 2.45. The fourth-order valence-corrected chi connectivity index (χ4v) is 1.53. The van der Waals surface area contributed by atoms with Crippen molar-refractivity contribution < 1.29 is 14.2 Å². The maximum absolute atomic E-state index is 5.67. The molecule has 0 amide bonds. The SMILES string of the molecule is CC=CCOCC(C)(COCC=CC)COCC=CC. The molecule has 0 aromatic carbocycles. The zero-order valence-electron chi connectivity index (χ0n) is 13.4. The van der Waals surface area contributed by atoms with Gasteiger partial charge in [-0.05, 0) is 20.8 Å². The Kier molecular flexibility index (Phi) is 12.5. The van der Waals surface area contributed by atoms with Gasteiger partial charge in [0.25, 0.3) is 0 Å². The number of rotatable bonds is 12. The van der Waals surface area contributed by atoms with E-state index in [1.54, 1.807) is 0 Å². The molecule has 0 rings (SSSR count). The van der Waals surface area contributed by atoms with Gasteiger partial charge in [-0.15, -0.1) is 0 Å². The molecule has 0 bridgehead atoms. The minimum Gasteiger partial charge on any atom is -0.377 e. The number of hydrogen-bond donors (Lipinski definition) is 0. The summed E-state index contributed by atoms with van der Waals surface area (Å²) in [5.74, 6) is 0. The smallest absolute Gasteiger partial charge is 0.0647 e. The van der Waals surface area contributed by atoms with Gasteiger partial charge in [-0.2, -0.15) is 0 Å². The van der Waals surface area contributed by atoms with Gasteiger partial charge >= 0.3 is 0 Å². The molecule has 0 N–H and O–H groups in total. The standard InChI is InChI=1S/C17H30O3/c1-5-8-11-18-14-17(4,15-19-12-9-6-2)16-20-13-10-7-3/h5-10H,11-16H2,1-4H3. The van der Waals surface area contributed by atoms with Crippen LogP contribution in [0, 0.1) is 5.41 Å². The first-order valence-electron chi connectivity index (χ1n) is 7.25. The lowest BCUT2D eigenvalue weighted by molar-refractivity contribution is -0.0463. The molecule has 0 spiro atoms. The molecule has 0 aliphatic heterocycles. The van der Waals surface area contributed by atoms with E-state index in [1.807, 2.05) is 57.2 Å². The summed E-state index contributed by atoms with van der Waals surface area (Å²) >= 11 is 0. The van der Waals surface area contributed by atoms with E-state index >= 15 is 0 Å². The fraction of sp³-hybridized carbons (Fsp3) is 0.647. The van der Waals surface area contributed by atoms with Crippen molar-refractivity contribution in [1.82, 2.24) is 0 Å². The lowest BCUT2D eigenvalue weighted by Crippen LogP contribution is -2.34. The van der Waals surface area contributed by atoms with Gasteiger partial charge in [0.15, 0.2) is 0 Å². The molecule has 0 heterocycles. The van der Waals surface area contributed by atoms with Crippen molar-refractivity contribution in [2.75, 3.05) is 39.6 Å². The molecule has 3 heteroatoms. The van der Waals surface area contributed by atoms with E-state index in [-0.39, 0.29) is 5.41 Å². The Bertz CT molecular complexity index is 247. The van der Waals surface area contributed by atoms with Crippen molar-refractivity contribution in [3.63, 3.8) is 0 Å². The van der Waals surface area contributed by atoms with Crippen LogP contribution in [0.3, 0.4) is 0 Å². The third-order valence-electron chi connectivity index (χ3n) is 2.70. The first-order valence-corrected chi connectivity index (χ1v) is 7.25. The molecule has 0 aliphatic carbocycles. The summed E-state index contributed by atoms with van der Waals surface area (Å²) in [5, 5.41) is 0. The lowest BCUT2D eigenvalue weighted by atomic mass is 9.94. The summed E-state index contributed by atoms with van der Waals surface area (Å²) in [6, 6.07) is 0. The van der Waals surface area contributed by atoms with Crippen LogP contribution in [0.25, 0.3) is 0 Å². The van der Waals surface area contributed by atoms with Crippen LogP contribution in [-0.4, -0.2) is 39.6 Å². The maximum Gasteiger partial charge on any atom is 0.0647 e. The summed E-state index contributed by atoms with van der Waals surface area (Å²) in [7, 11) is 0. The van der Waals surface area contributed by atoms with Gasteiger partial charge in [-0.3, -0.25) is 0 Å². The Balaban J connectivity index is 4.17. The van der Waals surface area contributed by atoms with Crippen LogP contribution in [0.1, 0.15) is 27.7 Å². The maximum atomic E-state index is 5.67. The molecular weight excluding hydrogens is 252 g/mol. The van der Waals surface area contributed by atoms with E-state index in [1.165, 1.54) is 0 Å². The lowest BCUT2D eigenvalue weighted by Gasteiger charge is -2.28. The highest BCUT2D eigenvalue weighted by atomic mass is 16.5. The molecule has 20 heavy (non-hydrogen) atoms. The second kappa shape index (κ2) is 13.1. The zero-order valence-corrected chi connectivity index (χ0v) is 13.4. The summed E-state index contributed by atoms with van der Waals surface area (Å²) in [5.41, 5.74) is -0.120. The fourth-order valence-electron chi connectivity index (χ4n) is 1.53. The van der Waals surface area contributed by atoms with Crippen molar-refractivity contribution in [2.24, 2.45) is 5.41 Å². The van der Waals surface area contributed by atoms with Crippen LogP contribution in [0.5, 0.6) is 0 Å². The highest BCUT2D eigenvalue weighted by molar-refractivity contribution is 4.81. The topological polar surface area (TPSA) is 27.7 Å². The van der Waals surface area contributed by atoms with Gasteiger partial charge in [0.1, 0.15) is 0 Å². The second-order valence-corrected chi connectivity index (χ2v) is 5.06. The molecular formula is C17H30O3. The summed E-state index contributed by atoms with van der Waals surface area (Å²) in [6.07, 6.45) is 12.0. The Morgan fingerprint density at radius 3 is 1.20 bits per heavy atom. The van der Waals surface area contributed by atoms with E-state index < -0.39 is 0 Å². The molecule has 0 aliphatic rings. The first-order chi connectivity index (χ1) is 9.68. The first kappa shape index (κ1) is 19.1. The third-order valence-corrected chi connectivity index (χ3v) is 2.70. The van der Waals surface area contributed by atoms with Crippen molar-refractivity contribution >= 4 is 0 Å². The van der Waals surface area contributed by atoms with Crippen LogP contribution >= 0.6 is 0 Å². The quantitative estimate of drug-likeness (QED) is 0.403. The molecule has 0 atom stereocenters. The van der Waals surface area contributed by atoms with Crippen LogP contribution in [0.4, 0.5) is 0 Å². The Morgan fingerprint density at radius 2 is 0.950 bits per heavy atom. The largest absolute Gasteiger partial charge is 0.377 e. The Labute approximate surface area is 124 Å². The van der Waals surface area contributed by atoms with Gasteiger partial charge in [0.2, 0.25) is 0 Å². The van der Waals surface area contributed by atoms with Crippen LogP contribution < -0.4 is 0 Å². The Morgan fingerprint density at radius 1 is 0.650 bits per heavy atom. The van der Waals surface area contributed by atoms with Crippen molar-refractivity contribution in [1.29, 1.82) is 0 Å². The highest BCUT2D eigenvalue weighted by Gasteiger charge is 2.25. The average molecular weight is 282 g/mol. The van der Waals surface area contributed by atoms with Crippen LogP contribution in [0.15, 0.2) is 36.5 Å². The van der Waals surface area contributed by atoms with Crippen molar-refractivity contribution in [2.45, 2.75) is 27.7 Å². The van der Waals surface area contributed by atoms with Crippen LogP contribution in [0.2, 0.25) is 0 Å². The van der Waals surface area contributed by atoms with Gasteiger partial charge in [-0.1, -0.05) is 43.4 Å². The minimum atomic E-state index is -0.120. The predicted octanol–water partition coefficient (Wildman–Crippen LogP) is 3.77. The van der Waals surface area contributed by atoms with E-state index in [0.29, 0.717) is 39.6 Å². The van der Waals surface area contributed by atoms with Crippen molar-refractivity contribution in [3.05, 3.63) is 36.5 Å². The van der Waals surface area contributed by atoms with Gasteiger partial charge in [0, 0.05) is 5.41 Å². The molecule has 116 valence electrons. The molecule has 0 aromatic heterocycles. The summed E-state index contributed by atoms with van der Waals surface area (Å²) in [4.78, 5) is 0. The minimum absolute atomic E-state index is 0.120. The molecule has 0 saturated heterocycles. The molecule has 0 unspecified atom stereocenters. The van der Waals surface area contributed by atoms with E-state index in [4.69, 9.17) is 14.2 Å². The second-order valence-electron chi connectivity index (χ2n) is 5.06. The highest BCUT2D eigenvalue weighted by Crippen LogP contribution is 2.18. The third kappa shape index (κ3) is 11.0. The number of hydrogen-bond acceptors (Lipinski definition) is 3. The number of allylic oxidation sites excluding steroid dienone is 3. The van der Waals surface area contributed by atoms with Crippen molar-refractivity contribution in [3.8, 4) is 0 Å². The number of ether oxygens (including phenoxy) is 3. The van der Waals surface area contributed by atoms with Crippen LogP contribution in [-0.2, 0) is 14.2 Å². The molecule has 0 radical (unpaired) electrons. The summed E-state index contributed by atoms with van der Waals surface area (Å²) < 4.78 is 17.0. The van der Waals surface area contributed by atoms with Gasteiger partial charge in [-0.25, -0.2) is 0 Å². The zero-order chi connectivity index (χ0) is 15.1. The predicted molar refractivity (Wildman–Crippen MR) is 85.0 cm³/mol. The molecule has 0 fully saturated rings. The summed E-state index contributed by atoms with van der Waals surface area (Å²) in [6.45, 7) is 11.9. The normalized spacial score (nSPS) is 15.6. The van der Waals surface area contributed by atoms with E-state index in [9.17, 15) is 0 Å². The van der Waals surface area contributed by atoms with Gasteiger partial charge in [0.05, 0.1) is 39.6 Å².